The Bertz CT molecular complexity index is 702. The smallest absolute Gasteiger partial charge is 0.142 e. The van der Waals surface area contributed by atoms with Crippen LogP contribution in [0, 0.1) is 24.6 Å². The molecule has 0 N–H and O–H groups in total. The summed E-state index contributed by atoms with van der Waals surface area (Å²) in [6, 6.07) is 10.3. The molecule has 0 aliphatic heterocycles. The maximum absolute atomic E-state index is 13.4. The SMILES string of the molecule is Cc1ccc(OCc2cccc(F)c2Cl)c(C#CCCl)c1. The summed E-state index contributed by atoms with van der Waals surface area (Å²) in [5.74, 6) is 6.17. The molecule has 0 heterocycles. The van der Waals surface area contributed by atoms with E-state index in [4.69, 9.17) is 27.9 Å². The summed E-state index contributed by atoms with van der Waals surface area (Å²) in [5, 5.41) is 0.0815. The molecule has 0 bridgehead atoms. The van der Waals surface area contributed by atoms with Crippen molar-refractivity contribution in [2.75, 3.05) is 5.88 Å². The van der Waals surface area contributed by atoms with Crippen LogP contribution in [0.3, 0.4) is 0 Å². The van der Waals surface area contributed by atoms with Crippen LogP contribution >= 0.6 is 23.2 Å². The molecule has 0 saturated heterocycles. The fraction of sp³-hybridized carbons (Fsp3) is 0.176. The molecule has 1 nitrogen and oxygen atoms in total. The van der Waals surface area contributed by atoms with Gasteiger partial charge in [-0.05, 0) is 30.7 Å². The van der Waals surface area contributed by atoms with Crippen molar-refractivity contribution >= 4 is 23.2 Å². The summed E-state index contributed by atoms with van der Waals surface area (Å²) in [7, 11) is 0. The Hall–Kier alpha value is -1.69. The van der Waals surface area contributed by atoms with Crippen LogP contribution in [0.4, 0.5) is 4.39 Å². The summed E-state index contributed by atoms with van der Waals surface area (Å²) in [6.45, 7) is 2.15. The zero-order valence-electron chi connectivity index (χ0n) is 11.4. The Balaban J connectivity index is 2.22. The van der Waals surface area contributed by atoms with Crippen molar-refractivity contribution in [2.24, 2.45) is 0 Å². The van der Waals surface area contributed by atoms with E-state index in [9.17, 15) is 4.39 Å². The third-order valence-electron chi connectivity index (χ3n) is 2.84. The molecule has 0 aromatic heterocycles. The fourth-order valence-corrected chi connectivity index (χ4v) is 2.06. The van der Waals surface area contributed by atoms with Crippen LogP contribution in [0.25, 0.3) is 0 Å². The molecule has 2 aromatic rings. The third kappa shape index (κ3) is 4.14. The summed E-state index contributed by atoms with van der Waals surface area (Å²) >= 11 is 11.5. The normalized spacial score (nSPS) is 9.90. The highest BCUT2D eigenvalue weighted by Gasteiger charge is 2.08. The van der Waals surface area contributed by atoms with E-state index >= 15 is 0 Å². The highest BCUT2D eigenvalue weighted by molar-refractivity contribution is 6.31. The van der Waals surface area contributed by atoms with Gasteiger partial charge in [0.05, 0.1) is 16.5 Å². The quantitative estimate of drug-likeness (QED) is 0.573. The predicted octanol–water partition coefficient (Wildman–Crippen LogP) is 4.96. The molecule has 0 saturated carbocycles. The van der Waals surface area contributed by atoms with Gasteiger partial charge in [0.2, 0.25) is 0 Å². The molecule has 0 radical (unpaired) electrons. The molecule has 4 heteroatoms. The van der Waals surface area contributed by atoms with Crippen LogP contribution in [0.1, 0.15) is 16.7 Å². The van der Waals surface area contributed by atoms with E-state index in [-0.39, 0.29) is 17.5 Å². The van der Waals surface area contributed by atoms with E-state index in [2.05, 4.69) is 11.8 Å². The summed E-state index contributed by atoms with van der Waals surface area (Å²) in [4.78, 5) is 0. The Morgan fingerprint density at radius 2 is 2.05 bits per heavy atom. The summed E-state index contributed by atoms with van der Waals surface area (Å²) in [6.07, 6.45) is 0. The van der Waals surface area contributed by atoms with Gasteiger partial charge in [-0.15, -0.1) is 11.6 Å². The molecule has 0 amide bonds. The van der Waals surface area contributed by atoms with Gasteiger partial charge >= 0.3 is 0 Å². The van der Waals surface area contributed by atoms with E-state index in [1.165, 1.54) is 6.07 Å². The molecule has 0 aliphatic carbocycles. The number of rotatable bonds is 3. The molecule has 21 heavy (non-hydrogen) atoms. The van der Waals surface area contributed by atoms with Crippen molar-refractivity contribution in [3.05, 3.63) is 63.9 Å². The lowest BCUT2D eigenvalue weighted by molar-refractivity contribution is 0.305. The Morgan fingerprint density at radius 3 is 2.81 bits per heavy atom. The lowest BCUT2D eigenvalue weighted by Crippen LogP contribution is -1.99. The molecule has 0 unspecified atom stereocenters. The van der Waals surface area contributed by atoms with Gasteiger partial charge in [-0.2, -0.15) is 0 Å². The molecule has 0 aliphatic rings. The van der Waals surface area contributed by atoms with Gasteiger partial charge in [-0.25, -0.2) is 4.39 Å². The van der Waals surface area contributed by atoms with Gasteiger partial charge in [-0.1, -0.05) is 41.6 Å². The van der Waals surface area contributed by atoms with Crippen LogP contribution in [-0.2, 0) is 6.61 Å². The first-order valence-corrected chi connectivity index (χ1v) is 7.24. The first-order valence-electron chi connectivity index (χ1n) is 6.33. The number of aryl methyl sites for hydroxylation is 1. The minimum absolute atomic E-state index is 0.0815. The number of ether oxygens (including phenoxy) is 1. The van der Waals surface area contributed by atoms with E-state index in [1.807, 2.05) is 25.1 Å². The average molecular weight is 323 g/mol. The molecule has 0 fully saturated rings. The standard InChI is InChI=1S/C17H13Cl2FO/c1-12-7-8-16(13(10-12)5-3-9-18)21-11-14-4-2-6-15(20)17(14)19/h2,4,6-8,10H,9,11H2,1H3. The van der Waals surface area contributed by atoms with Gasteiger partial charge in [0.1, 0.15) is 18.2 Å². The van der Waals surface area contributed by atoms with Crippen LogP contribution in [0.15, 0.2) is 36.4 Å². The number of alkyl halides is 1. The monoisotopic (exact) mass is 322 g/mol. The molecule has 2 aromatic carbocycles. The van der Waals surface area contributed by atoms with Crippen LogP contribution in [0.2, 0.25) is 5.02 Å². The summed E-state index contributed by atoms with van der Waals surface area (Å²) < 4.78 is 19.1. The number of hydrogen-bond acceptors (Lipinski definition) is 1. The molecular weight excluding hydrogens is 310 g/mol. The van der Waals surface area contributed by atoms with Gasteiger partial charge in [0, 0.05) is 5.56 Å². The topological polar surface area (TPSA) is 9.23 Å². The van der Waals surface area contributed by atoms with Crippen molar-refractivity contribution < 1.29 is 9.13 Å². The molecule has 0 spiro atoms. The van der Waals surface area contributed by atoms with Crippen molar-refractivity contribution in [3.8, 4) is 17.6 Å². The van der Waals surface area contributed by atoms with E-state index in [0.29, 0.717) is 11.3 Å². The predicted molar refractivity (Wildman–Crippen MR) is 84.5 cm³/mol. The van der Waals surface area contributed by atoms with Crippen LogP contribution < -0.4 is 4.74 Å². The number of halogens is 3. The van der Waals surface area contributed by atoms with Gasteiger partial charge in [0.15, 0.2) is 0 Å². The van der Waals surface area contributed by atoms with E-state index in [1.54, 1.807) is 12.1 Å². The van der Waals surface area contributed by atoms with Crippen LogP contribution in [-0.4, -0.2) is 5.88 Å². The lowest BCUT2D eigenvalue weighted by atomic mass is 10.1. The molecule has 0 atom stereocenters. The van der Waals surface area contributed by atoms with Gasteiger partial charge in [-0.3, -0.25) is 0 Å². The highest BCUT2D eigenvalue weighted by atomic mass is 35.5. The zero-order chi connectivity index (χ0) is 15.2. The second kappa shape index (κ2) is 7.36. The first-order chi connectivity index (χ1) is 10.1. The second-order valence-electron chi connectivity index (χ2n) is 4.44. The van der Waals surface area contributed by atoms with E-state index < -0.39 is 5.82 Å². The largest absolute Gasteiger partial charge is 0.488 e. The van der Waals surface area contributed by atoms with Crippen molar-refractivity contribution in [1.82, 2.24) is 0 Å². The lowest BCUT2D eigenvalue weighted by Gasteiger charge is -2.10. The van der Waals surface area contributed by atoms with Gasteiger partial charge in [0.25, 0.3) is 0 Å². The van der Waals surface area contributed by atoms with Gasteiger partial charge < -0.3 is 4.74 Å². The molecular formula is C17H13Cl2FO. The fourth-order valence-electron chi connectivity index (χ4n) is 1.81. The minimum Gasteiger partial charge on any atom is -0.488 e. The van der Waals surface area contributed by atoms with Crippen molar-refractivity contribution in [1.29, 1.82) is 0 Å². The summed E-state index contributed by atoms with van der Waals surface area (Å²) in [5.41, 5.74) is 2.42. The minimum atomic E-state index is -0.455. The Labute approximate surface area is 133 Å². The average Bonchev–Trinajstić information content (AvgIpc) is 2.48. The Morgan fingerprint density at radius 1 is 1.24 bits per heavy atom. The zero-order valence-corrected chi connectivity index (χ0v) is 12.9. The molecule has 2 rings (SSSR count). The third-order valence-corrected chi connectivity index (χ3v) is 3.40. The maximum Gasteiger partial charge on any atom is 0.142 e. The molecule has 108 valence electrons. The highest BCUT2D eigenvalue weighted by Crippen LogP contribution is 2.24. The Kier molecular flexibility index (Phi) is 5.50. The van der Waals surface area contributed by atoms with Crippen molar-refractivity contribution in [2.45, 2.75) is 13.5 Å². The number of benzene rings is 2. The van der Waals surface area contributed by atoms with Crippen LogP contribution in [0.5, 0.6) is 5.75 Å². The first kappa shape index (κ1) is 15.7. The van der Waals surface area contributed by atoms with Crippen molar-refractivity contribution in [3.63, 3.8) is 0 Å². The maximum atomic E-state index is 13.4. The second-order valence-corrected chi connectivity index (χ2v) is 5.08. The number of hydrogen-bond donors (Lipinski definition) is 0. The van der Waals surface area contributed by atoms with E-state index in [0.717, 1.165) is 11.1 Å².